The van der Waals surface area contributed by atoms with E-state index in [0.717, 1.165) is 6.54 Å². The Morgan fingerprint density at radius 2 is 2.25 bits per heavy atom. The first kappa shape index (κ1) is 9.50. The molecule has 0 aliphatic carbocycles. The van der Waals surface area contributed by atoms with Crippen LogP contribution in [-0.4, -0.2) is 49.1 Å². The molecule has 3 nitrogen and oxygen atoms in total. The van der Waals surface area contributed by atoms with Crippen molar-refractivity contribution in [2.24, 2.45) is 0 Å². The second kappa shape index (κ2) is 3.88. The fourth-order valence-electron chi connectivity index (χ4n) is 1.99. The number of likely N-dealkylation sites (N-methyl/N-ethyl adjacent to an activating group) is 1. The van der Waals surface area contributed by atoms with Gasteiger partial charge in [-0.15, -0.1) is 0 Å². The maximum Gasteiger partial charge on any atom is 0.0868 e. The summed E-state index contributed by atoms with van der Waals surface area (Å²) >= 11 is 0. The van der Waals surface area contributed by atoms with E-state index in [1.165, 1.54) is 6.42 Å². The van der Waals surface area contributed by atoms with Crippen molar-refractivity contribution in [3.05, 3.63) is 0 Å². The van der Waals surface area contributed by atoms with E-state index < -0.39 is 0 Å². The summed E-state index contributed by atoms with van der Waals surface area (Å²) in [5, 5.41) is 8.56. The maximum absolute atomic E-state index is 8.56. The molecule has 0 aromatic heterocycles. The number of nitrogens with zero attached hydrogens (tertiary/aromatic N) is 3. The van der Waals surface area contributed by atoms with E-state index in [4.69, 9.17) is 5.26 Å². The van der Waals surface area contributed by atoms with Gasteiger partial charge in [0.05, 0.1) is 12.6 Å². The quantitative estimate of drug-likeness (QED) is 0.562. The van der Waals surface area contributed by atoms with Crippen LogP contribution in [-0.2, 0) is 0 Å². The van der Waals surface area contributed by atoms with Gasteiger partial charge in [-0.1, -0.05) is 0 Å². The van der Waals surface area contributed by atoms with Crippen LogP contribution >= 0.6 is 0 Å². The Morgan fingerprint density at radius 1 is 1.58 bits per heavy atom. The second-order valence-corrected chi connectivity index (χ2v) is 3.69. The molecule has 0 N–H and O–H groups in total. The molecule has 12 heavy (non-hydrogen) atoms. The van der Waals surface area contributed by atoms with Crippen LogP contribution in [0.3, 0.4) is 0 Å². The molecule has 1 rings (SSSR count). The van der Waals surface area contributed by atoms with Gasteiger partial charge in [-0.05, 0) is 27.4 Å². The average Bonchev–Trinajstić information content (AvgIpc) is 2.34. The van der Waals surface area contributed by atoms with Gasteiger partial charge in [0.15, 0.2) is 0 Å². The lowest BCUT2D eigenvalue weighted by Gasteiger charge is -2.26. The molecule has 0 radical (unpaired) electrons. The smallest absolute Gasteiger partial charge is 0.0868 e. The molecule has 2 atom stereocenters. The van der Waals surface area contributed by atoms with Gasteiger partial charge in [-0.25, -0.2) is 0 Å². The Kier molecular flexibility index (Phi) is 3.07. The van der Waals surface area contributed by atoms with E-state index in [0.29, 0.717) is 18.6 Å². The number of rotatable bonds is 2. The first-order valence-electron chi connectivity index (χ1n) is 4.44. The van der Waals surface area contributed by atoms with Gasteiger partial charge < -0.3 is 4.90 Å². The van der Waals surface area contributed by atoms with E-state index >= 15 is 0 Å². The van der Waals surface area contributed by atoms with Crippen molar-refractivity contribution in [1.29, 1.82) is 5.26 Å². The van der Waals surface area contributed by atoms with Crippen molar-refractivity contribution in [2.45, 2.75) is 25.4 Å². The monoisotopic (exact) mass is 167 g/mol. The summed E-state index contributed by atoms with van der Waals surface area (Å²) in [5.74, 6) is 0. The van der Waals surface area contributed by atoms with E-state index in [2.05, 4.69) is 36.9 Å². The Balaban J connectivity index is 2.50. The number of hydrogen-bond acceptors (Lipinski definition) is 3. The van der Waals surface area contributed by atoms with Crippen LogP contribution < -0.4 is 0 Å². The van der Waals surface area contributed by atoms with Crippen molar-refractivity contribution >= 4 is 0 Å². The third-order valence-electron chi connectivity index (χ3n) is 2.78. The summed E-state index contributed by atoms with van der Waals surface area (Å²) in [4.78, 5) is 4.49. The molecule has 1 fully saturated rings. The van der Waals surface area contributed by atoms with E-state index in [1.807, 2.05) is 0 Å². The van der Waals surface area contributed by atoms with E-state index in [1.54, 1.807) is 0 Å². The fraction of sp³-hybridized carbons (Fsp3) is 0.889. The second-order valence-electron chi connectivity index (χ2n) is 3.69. The summed E-state index contributed by atoms with van der Waals surface area (Å²) in [6.45, 7) is 3.85. The molecule has 68 valence electrons. The van der Waals surface area contributed by atoms with Gasteiger partial charge in [-0.3, -0.25) is 4.90 Å². The topological polar surface area (TPSA) is 30.3 Å². The highest BCUT2D eigenvalue weighted by atomic mass is 15.3. The first-order chi connectivity index (χ1) is 5.66. The van der Waals surface area contributed by atoms with Gasteiger partial charge in [0.1, 0.15) is 0 Å². The molecule has 1 aliphatic rings. The van der Waals surface area contributed by atoms with Crippen LogP contribution in [0.25, 0.3) is 0 Å². The van der Waals surface area contributed by atoms with Crippen LogP contribution in [0.15, 0.2) is 0 Å². The Bertz CT molecular complexity index is 183. The minimum Gasteiger partial charge on any atom is -0.305 e. The lowest BCUT2D eigenvalue weighted by Crippen LogP contribution is -2.39. The zero-order chi connectivity index (χ0) is 9.14. The minimum atomic E-state index is 0.527. The predicted octanol–water partition coefficient (Wildman–Crippen LogP) is 0.534. The SMILES string of the molecule is CC1C(N(C)C)CCN1CC#N. The highest BCUT2D eigenvalue weighted by Crippen LogP contribution is 2.19. The van der Waals surface area contributed by atoms with Crippen LogP contribution in [0.2, 0.25) is 0 Å². The average molecular weight is 167 g/mol. The van der Waals surface area contributed by atoms with Crippen LogP contribution in [0, 0.1) is 11.3 Å². The first-order valence-corrected chi connectivity index (χ1v) is 4.44. The Labute approximate surface area is 74.6 Å². The number of likely N-dealkylation sites (tertiary alicyclic amines) is 1. The molecule has 0 bridgehead atoms. The maximum atomic E-state index is 8.56. The predicted molar refractivity (Wildman–Crippen MR) is 48.7 cm³/mol. The molecule has 0 aromatic carbocycles. The summed E-state index contributed by atoms with van der Waals surface area (Å²) < 4.78 is 0. The molecule has 2 unspecified atom stereocenters. The fourth-order valence-corrected chi connectivity index (χ4v) is 1.99. The number of nitriles is 1. The zero-order valence-electron chi connectivity index (χ0n) is 8.12. The lowest BCUT2D eigenvalue weighted by atomic mass is 10.1. The summed E-state index contributed by atoms with van der Waals surface area (Å²) in [7, 11) is 4.22. The molecular weight excluding hydrogens is 150 g/mol. The standard InChI is InChI=1S/C9H17N3/c1-8-9(11(2)3)4-6-12(8)7-5-10/h8-9H,4,6-7H2,1-3H3. The summed E-state index contributed by atoms with van der Waals surface area (Å²) in [6.07, 6.45) is 1.19. The molecule has 0 amide bonds. The van der Waals surface area contributed by atoms with Crippen molar-refractivity contribution < 1.29 is 0 Å². The molecule has 1 aliphatic heterocycles. The van der Waals surface area contributed by atoms with Crippen molar-refractivity contribution in [3.63, 3.8) is 0 Å². The normalized spacial score (nSPS) is 30.9. The third-order valence-corrected chi connectivity index (χ3v) is 2.78. The lowest BCUT2D eigenvalue weighted by molar-refractivity contribution is 0.212. The van der Waals surface area contributed by atoms with Crippen molar-refractivity contribution in [3.8, 4) is 6.07 Å². The van der Waals surface area contributed by atoms with Gasteiger partial charge >= 0.3 is 0 Å². The minimum absolute atomic E-state index is 0.527. The largest absolute Gasteiger partial charge is 0.305 e. The van der Waals surface area contributed by atoms with Gasteiger partial charge in [0.2, 0.25) is 0 Å². The molecule has 3 heteroatoms. The molecule has 0 spiro atoms. The molecule has 0 aromatic rings. The van der Waals surface area contributed by atoms with Crippen LogP contribution in [0.1, 0.15) is 13.3 Å². The van der Waals surface area contributed by atoms with Gasteiger partial charge in [-0.2, -0.15) is 5.26 Å². The zero-order valence-corrected chi connectivity index (χ0v) is 8.12. The van der Waals surface area contributed by atoms with Crippen molar-refractivity contribution in [2.75, 3.05) is 27.2 Å². The van der Waals surface area contributed by atoms with Crippen LogP contribution in [0.5, 0.6) is 0 Å². The highest BCUT2D eigenvalue weighted by Gasteiger charge is 2.31. The Morgan fingerprint density at radius 3 is 2.67 bits per heavy atom. The molecule has 0 saturated carbocycles. The summed E-state index contributed by atoms with van der Waals surface area (Å²) in [6, 6.07) is 3.36. The van der Waals surface area contributed by atoms with E-state index in [-0.39, 0.29) is 0 Å². The van der Waals surface area contributed by atoms with Crippen molar-refractivity contribution in [1.82, 2.24) is 9.80 Å². The van der Waals surface area contributed by atoms with E-state index in [9.17, 15) is 0 Å². The summed E-state index contributed by atoms with van der Waals surface area (Å²) in [5.41, 5.74) is 0. The third kappa shape index (κ3) is 1.77. The Hall–Kier alpha value is -0.590. The van der Waals surface area contributed by atoms with Gasteiger partial charge in [0, 0.05) is 18.6 Å². The molecular formula is C9H17N3. The highest BCUT2D eigenvalue weighted by molar-refractivity contribution is 4.92. The molecule has 1 heterocycles. The van der Waals surface area contributed by atoms with Gasteiger partial charge in [0.25, 0.3) is 0 Å². The molecule has 1 saturated heterocycles. The number of hydrogen-bond donors (Lipinski definition) is 0. The van der Waals surface area contributed by atoms with Crippen LogP contribution in [0.4, 0.5) is 0 Å².